The molecule has 0 fully saturated rings. The van der Waals surface area contributed by atoms with Gasteiger partial charge in [-0.3, -0.25) is 4.57 Å². The van der Waals surface area contributed by atoms with Crippen molar-refractivity contribution >= 4 is 5.96 Å². The number of para-hydroxylation sites is 1. The van der Waals surface area contributed by atoms with Crippen molar-refractivity contribution in [2.24, 2.45) is 4.99 Å². The smallest absolute Gasteiger partial charge is 0.319 e. The molecule has 8 heteroatoms. The predicted molar refractivity (Wildman–Crippen MR) is 92.9 cm³/mol. The number of hydrogen-bond donors (Lipinski definition) is 2. The molecule has 0 radical (unpaired) electrons. The van der Waals surface area contributed by atoms with Crippen molar-refractivity contribution in [3.63, 3.8) is 0 Å². The quantitative estimate of drug-likeness (QED) is 0.414. The van der Waals surface area contributed by atoms with Crippen molar-refractivity contribution in [2.75, 3.05) is 19.7 Å². The van der Waals surface area contributed by atoms with Gasteiger partial charge in [-0.2, -0.15) is 8.78 Å². The Morgan fingerprint density at radius 1 is 1.28 bits per heavy atom. The maximum Gasteiger partial charge on any atom is 0.319 e. The summed E-state index contributed by atoms with van der Waals surface area (Å²) in [7, 11) is 0. The van der Waals surface area contributed by atoms with Gasteiger partial charge in [0.05, 0.1) is 6.61 Å². The molecule has 1 aromatic carbocycles. The average Bonchev–Trinajstić information content (AvgIpc) is 3.09. The summed E-state index contributed by atoms with van der Waals surface area (Å²) in [6.07, 6.45) is 3.38. The Bertz CT molecular complexity index is 645. The minimum Gasteiger partial charge on any atom is -0.494 e. The second-order valence-electron chi connectivity index (χ2n) is 5.17. The highest BCUT2D eigenvalue weighted by atomic mass is 19.3. The molecule has 0 amide bonds. The van der Waals surface area contributed by atoms with E-state index in [0.717, 1.165) is 16.7 Å². The molecule has 25 heavy (non-hydrogen) atoms. The minimum absolute atomic E-state index is 0.0766. The van der Waals surface area contributed by atoms with Crippen LogP contribution >= 0.6 is 0 Å². The van der Waals surface area contributed by atoms with Gasteiger partial charge in [-0.15, -0.1) is 0 Å². The van der Waals surface area contributed by atoms with Gasteiger partial charge in [-0.25, -0.2) is 9.98 Å². The summed E-state index contributed by atoms with van der Waals surface area (Å²) in [5, 5.41) is 6.23. The van der Waals surface area contributed by atoms with E-state index >= 15 is 0 Å². The van der Waals surface area contributed by atoms with Crippen LogP contribution in [0, 0.1) is 0 Å². The summed E-state index contributed by atoms with van der Waals surface area (Å²) >= 11 is 0. The first-order valence-electron chi connectivity index (χ1n) is 8.20. The van der Waals surface area contributed by atoms with E-state index in [2.05, 4.69) is 20.6 Å². The first kappa shape index (κ1) is 18.7. The number of alkyl halides is 2. The number of nitrogens with one attached hydrogen (secondary N) is 2. The van der Waals surface area contributed by atoms with Gasteiger partial charge in [0.2, 0.25) is 0 Å². The van der Waals surface area contributed by atoms with E-state index in [1.807, 2.05) is 37.3 Å². The number of aliphatic imine (C=N–C) groups is 1. The number of imidazole rings is 1. The van der Waals surface area contributed by atoms with Gasteiger partial charge in [0, 0.05) is 25.5 Å². The van der Waals surface area contributed by atoms with Gasteiger partial charge < -0.3 is 15.4 Å². The first-order valence-corrected chi connectivity index (χ1v) is 8.20. The normalized spacial score (nSPS) is 11.6. The second kappa shape index (κ2) is 10.3. The summed E-state index contributed by atoms with van der Waals surface area (Å²) in [6.45, 7) is 1.31. The first-order chi connectivity index (χ1) is 12.2. The van der Waals surface area contributed by atoms with Gasteiger partial charge >= 0.3 is 6.55 Å². The third kappa shape index (κ3) is 6.40. The zero-order valence-electron chi connectivity index (χ0n) is 14.2. The molecule has 0 unspecified atom stereocenters. The molecular formula is C17H23F2N5O. The van der Waals surface area contributed by atoms with Crippen LogP contribution in [0.25, 0.3) is 0 Å². The molecule has 0 atom stereocenters. The van der Waals surface area contributed by atoms with Crippen molar-refractivity contribution in [1.82, 2.24) is 20.2 Å². The third-order valence-electron chi connectivity index (χ3n) is 3.31. The van der Waals surface area contributed by atoms with Crippen molar-refractivity contribution in [3.05, 3.63) is 48.5 Å². The molecule has 0 aliphatic heterocycles. The SMILES string of the molecule is CCNC(=NCc1nccn1C(F)F)NCCCOc1ccccc1. The molecule has 1 heterocycles. The Labute approximate surface area is 145 Å². The zero-order chi connectivity index (χ0) is 17.9. The van der Waals surface area contributed by atoms with Gasteiger partial charge in [0.1, 0.15) is 18.1 Å². The van der Waals surface area contributed by atoms with E-state index in [-0.39, 0.29) is 12.4 Å². The van der Waals surface area contributed by atoms with Crippen LogP contribution < -0.4 is 15.4 Å². The number of nitrogens with zero attached hydrogens (tertiary/aromatic N) is 3. The van der Waals surface area contributed by atoms with E-state index < -0.39 is 6.55 Å². The van der Waals surface area contributed by atoms with Gasteiger partial charge in [-0.1, -0.05) is 18.2 Å². The number of ether oxygens (including phenoxy) is 1. The van der Waals surface area contributed by atoms with E-state index in [1.54, 1.807) is 0 Å². The highest BCUT2D eigenvalue weighted by Crippen LogP contribution is 2.12. The number of guanidine groups is 1. The molecule has 0 bridgehead atoms. The lowest BCUT2D eigenvalue weighted by Crippen LogP contribution is -2.38. The molecule has 6 nitrogen and oxygen atoms in total. The fourth-order valence-electron chi connectivity index (χ4n) is 2.12. The zero-order valence-corrected chi connectivity index (χ0v) is 14.2. The Morgan fingerprint density at radius 3 is 2.80 bits per heavy atom. The van der Waals surface area contributed by atoms with Crippen molar-refractivity contribution in [2.45, 2.75) is 26.4 Å². The van der Waals surface area contributed by atoms with Crippen LogP contribution in [0.1, 0.15) is 25.7 Å². The van der Waals surface area contributed by atoms with Gasteiger partial charge in [0.25, 0.3) is 0 Å². The van der Waals surface area contributed by atoms with Gasteiger partial charge in [-0.05, 0) is 25.5 Å². The molecule has 2 aromatic rings. The molecule has 2 N–H and O–H groups in total. The van der Waals surface area contributed by atoms with E-state index in [4.69, 9.17) is 4.74 Å². The molecular weight excluding hydrogens is 328 g/mol. The average molecular weight is 351 g/mol. The lowest BCUT2D eigenvalue weighted by Gasteiger charge is -2.12. The van der Waals surface area contributed by atoms with Crippen LogP contribution in [0.3, 0.4) is 0 Å². The molecule has 0 saturated heterocycles. The summed E-state index contributed by atoms with van der Waals surface area (Å²) in [6, 6.07) is 9.60. The maximum atomic E-state index is 12.8. The maximum absolute atomic E-state index is 12.8. The van der Waals surface area contributed by atoms with Crippen LogP contribution in [0.2, 0.25) is 0 Å². The number of rotatable bonds is 9. The van der Waals surface area contributed by atoms with Crippen LogP contribution in [-0.2, 0) is 6.54 Å². The highest BCUT2D eigenvalue weighted by molar-refractivity contribution is 5.79. The minimum atomic E-state index is -2.61. The van der Waals surface area contributed by atoms with E-state index in [9.17, 15) is 8.78 Å². The van der Waals surface area contributed by atoms with E-state index in [1.165, 1.54) is 12.4 Å². The van der Waals surface area contributed by atoms with Gasteiger partial charge in [0.15, 0.2) is 5.96 Å². The lowest BCUT2D eigenvalue weighted by atomic mass is 10.3. The fraction of sp³-hybridized carbons (Fsp3) is 0.412. The Hall–Kier alpha value is -2.64. The molecule has 0 aliphatic carbocycles. The molecule has 0 aliphatic rings. The molecule has 1 aromatic heterocycles. The monoisotopic (exact) mass is 351 g/mol. The molecule has 136 valence electrons. The summed E-state index contributed by atoms with van der Waals surface area (Å²) in [5.74, 6) is 1.62. The predicted octanol–water partition coefficient (Wildman–Crippen LogP) is 2.80. The molecule has 0 saturated carbocycles. The third-order valence-corrected chi connectivity index (χ3v) is 3.31. The number of hydrogen-bond acceptors (Lipinski definition) is 3. The largest absolute Gasteiger partial charge is 0.494 e. The standard InChI is InChI=1S/C17H23F2N5O/c1-2-20-17(23-13-15-21-10-11-24(15)16(18)19)22-9-6-12-25-14-7-4-3-5-8-14/h3-5,7-8,10-11,16H,2,6,9,12-13H2,1H3,(H2,20,22,23). The molecule has 0 spiro atoms. The number of aromatic nitrogens is 2. The fourth-order valence-corrected chi connectivity index (χ4v) is 2.12. The Kier molecular flexibility index (Phi) is 7.68. The topological polar surface area (TPSA) is 63.5 Å². The lowest BCUT2D eigenvalue weighted by molar-refractivity contribution is 0.0671. The van der Waals surface area contributed by atoms with Crippen LogP contribution in [0.5, 0.6) is 5.75 Å². The second-order valence-corrected chi connectivity index (χ2v) is 5.17. The summed E-state index contributed by atoms with van der Waals surface area (Å²) < 4.78 is 32.0. The van der Waals surface area contributed by atoms with Crippen molar-refractivity contribution < 1.29 is 13.5 Å². The van der Waals surface area contributed by atoms with Crippen molar-refractivity contribution in [1.29, 1.82) is 0 Å². The molecule has 2 rings (SSSR count). The Balaban J connectivity index is 1.76. The summed E-state index contributed by atoms with van der Waals surface area (Å²) in [4.78, 5) is 8.20. The Morgan fingerprint density at radius 2 is 2.08 bits per heavy atom. The van der Waals surface area contributed by atoms with Crippen LogP contribution in [-0.4, -0.2) is 35.2 Å². The number of halogens is 2. The summed E-state index contributed by atoms with van der Waals surface area (Å²) in [5.41, 5.74) is 0. The van der Waals surface area contributed by atoms with Crippen LogP contribution in [0.4, 0.5) is 8.78 Å². The van der Waals surface area contributed by atoms with Crippen molar-refractivity contribution in [3.8, 4) is 5.75 Å². The van der Waals surface area contributed by atoms with Crippen LogP contribution in [0.15, 0.2) is 47.7 Å². The highest BCUT2D eigenvalue weighted by Gasteiger charge is 2.10. The van der Waals surface area contributed by atoms with E-state index in [0.29, 0.717) is 25.7 Å². The number of benzene rings is 1.